The van der Waals surface area contributed by atoms with Gasteiger partial charge >= 0.3 is 0 Å². The Balaban J connectivity index is 1.26. The van der Waals surface area contributed by atoms with Crippen molar-refractivity contribution in [3.63, 3.8) is 0 Å². The van der Waals surface area contributed by atoms with Gasteiger partial charge < -0.3 is 14.6 Å². The molecule has 1 N–H and O–H groups in total. The molecule has 0 spiro atoms. The first-order valence-corrected chi connectivity index (χ1v) is 13.9. The topological polar surface area (TPSA) is 71.3 Å². The molecule has 0 unspecified atom stereocenters. The van der Waals surface area contributed by atoms with Crippen molar-refractivity contribution in [3.05, 3.63) is 34.2 Å². The summed E-state index contributed by atoms with van der Waals surface area (Å²) < 4.78 is 7.43. The molecule has 0 aromatic carbocycles. The van der Waals surface area contributed by atoms with Crippen molar-refractivity contribution in [1.29, 1.82) is 0 Å². The Hall–Kier alpha value is -2.29. The summed E-state index contributed by atoms with van der Waals surface area (Å²) in [5.41, 5.74) is 8.21. The van der Waals surface area contributed by atoms with Crippen molar-refractivity contribution in [2.24, 2.45) is 5.92 Å². The van der Waals surface area contributed by atoms with E-state index < -0.39 is 0 Å². The summed E-state index contributed by atoms with van der Waals surface area (Å²) in [4.78, 5) is 17.4. The molecule has 0 radical (unpaired) electrons. The number of rotatable bonds is 5. The van der Waals surface area contributed by atoms with E-state index in [-0.39, 0.29) is 0 Å². The van der Waals surface area contributed by atoms with Crippen LogP contribution in [0.15, 0.2) is 12.5 Å². The van der Waals surface area contributed by atoms with Gasteiger partial charge in [0.1, 0.15) is 16.7 Å². The van der Waals surface area contributed by atoms with Crippen LogP contribution in [0.1, 0.15) is 73.1 Å². The van der Waals surface area contributed by atoms with Crippen molar-refractivity contribution in [2.45, 2.75) is 65.2 Å². The highest BCUT2D eigenvalue weighted by Gasteiger charge is 2.28. The third-order valence-electron chi connectivity index (χ3n) is 8.17. The number of piperidine rings is 1. The van der Waals surface area contributed by atoms with Crippen LogP contribution in [0, 0.1) is 19.8 Å². The lowest BCUT2D eigenvalue weighted by Gasteiger charge is -2.34. The van der Waals surface area contributed by atoms with Gasteiger partial charge in [0.2, 0.25) is 0 Å². The number of hydrogen-bond acceptors (Lipinski definition) is 6. The molecule has 2 saturated heterocycles. The van der Waals surface area contributed by atoms with Crippen LogP contribution in [-0.2, 0) is 4.74 Å². The van der Waals surface area contributed by atoms with E-state index in [0.29, 0.717) is 11.8 Å². The van der Waals surface area contributed by atoms with Gasteiger partial charge in [0, 0.05) is 43.0 Å². The summed E-state index contributed by atoms with van der Waals surface area (Å²) in [6.45, 7) is 14.4. The third kappa shape index (κ3) is 4.19. The highest BCUT2D eigenvalue weighted by molar-refractivity contribution is 7.18. The van der Waals surface area contributed by atoms with Crippen LogP contribution in [0.25, 0.3) is 27.3 Å². The molecule has 6 rings (SSSR count). The normalized spacial score (nSPS) is 19.0. The molecule has 186 valence electrons. The summed E-state index contributed by atoms with van der Waals surface area (Å²) in [5, 5.41) is 5.72. The predicted molar refractivity (Wildman–Crippen MR) is 141 cm³/mol. The van der Waals surface area contributed by atoms with Crippen LogP contribution >= 0.6 is 11.3 Å². The molecule has 7 nitrogen and oxygen atoms in total. The number of aromatic amines is 1. The van der Waals surface area contributed by atoms with Crippen molar-refractivity contribution in [2.75, 3.05) is 32.8 Å². The van der Waals surface area contributed by atoms with Gasteiger partial charge in [0.05, 0.1) is 10.7 Å². The molecule has 0 bridgehead atoms. The van der Waals surface area contributed by atoms with Gasteiger partial charge in [-0.25, -0.2) is 14.5 Å². The average molecular weight is 493 g/mol. The molecule has 0 saturated carbocycles. The molecule has 0 atom stereocenters. The summed E-state index contributed by atoms with van der Waals surface area (Å²) >= 11 is 1.87. The van der Waals surface area contributed by atoms with E-state index in [2.05, 4.69) is 53.9 Å². The first-order valence-electron chi connectivity index (χ1n) is 13.1. The highest BCUT2D eigenvalue weighted by atomic mass is 32.1. The standard InChI is InChI=1S/C27H36N6OS/c1-16(2)22-23(21-14-33-25(28-15-29-33)18(4)17(21)3)30-27-24(22)31-26(35-27)20-5-9-32(10-6-20)13-19-7-11-34-12-8-19/h14-16,19-20,30H,5-13H2,1-4H3. The number of aryl methyl sites for hydroxylation is 1. The zero-order valence-corrected chi connectivity index (χ0v) is 22.1. The van der Waals surface area contributed by atoms with Crippen molar-refractivity contribution < 1.29 is 4.74 Å². The Kier molecular flexibility index (Phi) is 6.15. The molecule has 35 heavy (non-hydrogen) atoms. The fraction of sp³-hybridized carbons (Fsp3) is 0.593. The summed E-state index contributed by atoms with van der Waals surface area (Å²) in [5.74, 6) is 1.76. The number of nitrogens with one attached hydrogen (secondary N) is 1. The Morgan fingerprint density at radius 3 is 2.63 bits per heavy atom. The Labute approximate surface area is 210 Å². The Bertz CT molecular complexity index is 1340. The minimum atomic E-state index is 0.376. The Morgan fingerprint density at radius 1 is 1.11 bits per heavy atom. The second kappa shape index (κ2) is 9.30. The summed E-state index contributed by atoms with van der Waals surface area (Å²) in [6.07, 6.45) is 8.61. The number of thiazole rings is 1. The van der Waals surface area contributed by atoms with Crippen LogP contribution in [0.3, 0.4) is 0 Å². The van der Waals surface area contributed by atoms with Crippen molar-refractivity contribution in [1.82, 2.24) is 29.5 Å². The van der Waals surface area contributed by atoms with Gasteiger partial charge in [-0.15, -0.1) is 11.3 Å². The number of nitrogens with zero attached hydrogens (tertiary/aromatic N) is 5. The van der Waals surface area contributed by atoms with Gasteiger partial charge in [-0.1, -0.05) is 13.8 Å². The van der Waals surface area contributed by atoms with Crippen LogP contribution in [0.5, 0.6) is 0 Å². The average Bonchev–Trinajstić information content (AvgIpc) is 3.57. The van der Waals surface area contributed by atoms with E-state index in [4.69, 9.17) is 9.72 Å². The number of hydrogen-bond donors (Lipinski definition) is 1. The van der Waals surface area contributed by atoms with E-state index in [9.17, 15) is 0 Å². The van der Waals surface area contributed by atoms with Gasteiger partial charge in [0.25, 0.3) is 0 Å². The minimum absolute atomic E-state index is 0.376. The van der Waals surface area contributed by atoms with E-state index in [1.54, 1.807) is 6.33 Å². The highest BCUT2D eigenvalue weighted by Crippen LogP contribution is 2.42. The minimum Gasteiger partial charge on any atom is -0.381 e. The largest absolute Gasteiger partial charge is 0.381 e. The maximum atomic E-state index is 5.54. The van der Waals surface area contributed by atoms with E-state index in [1.165, 1.54) is 83.1 Å². The summed E-state index contributed by atoms with van der Waals surface area (Å²) in [6, 6.07) is 0. The lowest BCUT2D eigenvalue weighted by atomic mass is 9.94. The molecular weight excluding hydrogens is 456 g/mol. The lowest BCUT2D eigenvalue weighted by Crippen LogP contribution is -2.38. The molecular formula is C27H36N6OS. The first-order chi connectivity index (χ1) is 17.0. The number of ether oxygens (including phenoxy) is 1. The molecule has 6 heterocycles. The van der Waals surface area contributed by atoms with Crippen LogP contribution in [0.2, 0.25) is 0 Å². The smallest absolute Gasteiger partial charge is 0.158 e. The van der Waals surface area contributed by atoms with Crippen LogP contribution in [-0.4, -0.2) is 62.3 Å². The van der Waals surface area contributed by atoms with E-state index in [0.717, 1.165) is 30.3 Å². The van der Waals surface area contributed by atoms with Crippen molar-refractivity contribution >= 4 is 27.3 Å². The van der Waals surface area contributed by atoms with E-state index in [1.807, 2.05) is 15.9 Å². The number of fused-ring (bicyclic) bond motifs is 2. The fourth-order valence-electron chi connectivity index (χ4n) is 5.96. The quantitative estimate of drug-likeness (QED) is 0.388. The van der Waals surface area contributed by atoms with Gasteiger partial charge in [-0.05, 0) is 75.6 Å². The van der Waals surface area contributed by atoms with Gasteiger partial charge in [-0.2, -0.15) is 5.10 Å². The number of pyridine rings is 1. The second-order valence-electron chi connectivity index (χ2n) is 10.7. The molecule has 2 aliphatic heterocycles. The van der Waals surface area contributed by atoms with Crippen molar-refractivity contribution in [3.8, 4) is 11.3 Å². The molecule has 4 aromatic rings. The predicted octanol–water partition coefficient (Wildman–Crippen LogP) is 5.68. The number of H-pyrrole nitrogens is 1. The zero-order chi connectivity index (χ0) is 24.1. The molecule has 0 aliphatic carbocycles. The maximum Gasteiger partial charge on any atom is 0.158 e. The van der Waals surface area contributed by atoms with E-state index >= 15 is 0 Å². The molecule has 2 aliphatic rings. The van der Waals surface area contributed by atoms with Crippen LogP contribution < -0.4 is 0 Å². The van der Waals surface area contributed by atoms with Gasteiger partial charge in [-0.3, -0.25) is 0 Å². The fourth-order valence-corrected chi connectivity index (χ4v) is 7.12. The summed E-state index contributed by atoms with van der Waals surface area (Å²) in [7, 11) is 0. The molecule has 2 fully saturated rings. The monoisotopic (exact) mass is 492 g/mol. The number of likely N-dealkylation sites (tertiary alicyclic amines) is 1. The van der Waals surface area contributed by atoms with Gasteiger partial charge in [0.15, 0.2) is 5.65 Å². The zero-order valence-electron chi connectivity index (χ0n) is 21.3. The molecule has 8 heteroatoms. The lowest BCUT2D eigenvalue weighted by molar-refractivity contribution is 0.0488. The maximum absolute atomic E-state index is 5.54. The SMILES string of the molecule is Cc1c(-c2[nH]c3sc(C4CCN(CC5CCOCC5)CC4)nc3c2C(C)C)cn2ncnc2c1C. The molecule has 0 amide bonds. The molecule has 4 aromatic heterocycles. The second-order valence-corrected chi connectivity index (χ2v) is 11.8. The number of aromatic nitrogens is 5. The third-order valence-corrected chi connectivity index (χ3v) is 9.31. The van der Waals surface area contributed by atoms with Crippen LogP contribution in [0.4, 0.5) is 0 Å². The first kappa shape index (κ1) is 23.1. The Morgan fingerprint density at radius 2 is 1.89 bits per heavy atom.